The molecule has 3 unspecified atom stereocenters. The molecular formula is C30H24ClN3O6S2. The maximum Gasteiger partial charge on any atom is 0.308 e. The van der Waals surface area contributed by atoms with Gasteiger partial charge in [-0.1, -0.05) is 59.0 Å². The van der Waals surface area contributed by atoms with Gasteiger partial charge in [0, 0.05) is 21.5 Å². The molecule has 0 spiro atoms. The summed E-state index contributed by atoms with van der Waals surface area (Å²) in [6.07, 6.45) is 0. The van der Waals surface area contributed by atoms with E-state index in [4.69, 9.17) is 21.1 Å². The average molecular weight is 622 g/mol. The first-order valence-corrected chi connectivity index (χ1v) is 15.0. The lowest BCUT2D eigenvalue weighted by molar-refractivity contribution is -0.122. The molecule has 2 aliphatic rings. The SMILES string of the molecule is COc1ccc(C2c3sc(=O)n(CC(=O)Nc4ccccc4)c3SC3C(=O)N(c4ccc(Cl)cc4)C(=O)C32)cc1OC. The molecule has 0 bridgehead atoms. The van der Waals surface area contributed by atoms with E-state index in [9.17, 15) is 19.2 Å². The predicted molar refractivity (Wildman–Crippen MR) is 162 cm³/mol. The topological polar surface area (TPSA) is 107 Å². The number of thiazole rings is 1. The second-order valence-electron chi connectivity index (χ2n) is 9.68. The van der Waals surface area contributed by atoms with E-state index in [1.165, 1.54) is 23.7 Å². The van der Waals surface area contributed by atoms with Crippen molar-refractivity contribution in [2.45, 2.75) is 22.7 Å². The molecule has 0 radical (unpaired) electrons. The van der Waals surface area contributed by atoms with Gasteiger partial charge >= 0.3 is 4.87 Å². The number of thioether (sulfide) groups is 1. The Balaban J connectivity index is 1.45. The van der Waals surface area contributed by atoms with E-state index < -0.39 is 23.0 Å². The monoisotopic (exact) mass is 621 g/mol. The number of nitrogens with zero attached hydrogens (tertiary/aromatic N) is 2. The minimum atomic E-state index is -0.823. The zero-order valence-corrected chi connectivity index (χ0v) is 24.8. The van der Waals surface area contributed by atoms with Gasteiger partial charge in [-0.15, -0.1) is 0 Å². The molecule has 3 aromatic carbocycles. The Labute approximate surface area is 254 Å². The molecule has 1 saturated heterocycles. The van der Waals surface area contributed by atoms with Crippen molar-refractivity contribution in [3.63, 3.8) is 0 Å². The minimum absolute atomic E-state index is 0.244. The molecular weight excluding hydrogens is 598 g/mol. The van der Waals surface area contributed by atoms with Gasteiger partial charge in [0.05, 0.1) is 30.9 Å². The van der Waals surface area contributed by atoms with Crippen LogP contribution in [0.15, 0.2) is 82.6 Å². The summed E-state index contributed by atoms with van der Waals surface area (Å²) in [6.45, 7) is -0.244. The quantitative estimate of drug-likeness (QED) is 0.289. The first-order valence-electron chi connectivity index (χ1n) is 12.9. The summed E-state index contributed by atoms with van der Waals surface area (Å²) >= 11 is 8.19. The molecule has 1 N–H and O–H groups in total. The number of hydrogen-bond donors (Lipinski definition) is 1. The van der Waals surface area contributed by atoms with Gasteiger partial charge < -0.3 is 14.8 Å². The molecule has 42 heavy (non-hydrogen) atoms. The van der Waals surface area contributed by atoms with Crippen molar-refractivity contribution in [2.75, 3.05) is 24.4 Å². The highest BCUT2D eigenvalue weighted by Gasteiger charge is 2.57. The Morgan fingerprint density at radius 2 is 1.64 bits per heavy atom. The van der Waals surface area contributed by atoms with Crippen molar-refractivity contribution in [1.29, 1.82) is 0 Å². The number of hydrogen-bond acceptors (Lipinski definition) is 8. The van der Waals surface area contributed by atoms with E-state index in [1.54, 1.807) is 60.7 Å². The molecule has 1 aromatic heterocycles. The number of rotatable bonds is 7. The molecule has 3 amide bonds. The van der Waals surface area contributed by atoms with Crippen LogP contribution in [0.1, 0.15) is 16.4 Å². The van der Waals surface area contributed by atoms with Crippen molar-refractivity contribution in [1.82, 2.24) is 4.57 Å². The number of methoxy groups -OCH3 is 2. The van der Waals surface area contributed by atoms with Crippen LogP contribution in [0.5, 0.6) is 11.5 Å². The number of amides is 3. The number of para-hydroxylation sites is 1. The smallest absolute Gasteiger partial charge is 0.308 e. The summed E-state index contributed by atoms with van der Waals surface area (Å²) < 4.78 is 12.3. The van der Waals surface area contributed by atoms with Gasteiger partial charge in [0.1, 0.15) is 11.8 Å². The van der Waals surface area contributed by atoms with Crippen molar-refractivity contribution >= 4 is 63.8 Å². The summed E-state index contributed by atoms with van der Waals surface area (Å²) in [5.74, 6) is -1.64. The third-order valence-electron chi connectivity index (χ3n) is 7.26. The highest BCUT2D eigenvalue weighted by atomic mass is 35.5. The number of ether oxygens (including phenoxy) is 2. The van der Waals surface area contributed by atoms with Crippen LogP contribution < -0.4 is 24.6 Å². The number of aromatic nitrogens is 1. The minimum Gasteiger partial charge on any atom is -0.493 e. The Kier molecular flexibility index (Phi) is 7.56. The van der Waals surface area contributed by atoms with Gasteiger partial charge in [0.25, 0.3) is 0 Å². The second-order valence-corrected chi connectivity index (χ2v) is 12.2. The first-order chi connectivity index (χ1) is 20.3. The van der Waals surface area contributed by atoms with Crippen molar-refractivity contribution in [3.8, 4) is 11.5 Å². The third-order valence-corrected chi connectivity index (χ3v) is 10.1. The van der Waals surface area contributed by atoms with Crippen LogP contribution in [0.2, 0.25) is 5.02 Å². The van der Waals surface area contributed by atoms with Crippen molar-refractivity contribution < 1.29 is 23.9 Å². The zero-order chi connectivity index (χ0) is 29.5. The molecule has 3 heterocycles. The third kappa shape index (κ3) is 4.87. The lowest BCUT2D eigenvalue weighted by Crippen LogP contribution is -2.33. The molecule has 0 aliphatic carbocycles. The number of carbonyl (C=O) groups excluding carboxylic acids is 3. The van der Waals surface area contributed by atoms with Crippen LogP contribution in [0.3, 0.4) is 0 Å². The summed E-state index contributed by atoms with van der Waals surface area (Å²) in [5.41, 5.74) is 1.70. The molecule has 3 atom stereocenters. The summed E-state index contributed by atoms with van der Waals surface area (Å²) in [5, 5.41) is 2.96. The van der Waals surface area contributed by atoms with Crippen LogP contribution in [0.4, 0.5) is 11.4 Å². The van der Waals surface area contributed by atoms with Crippen LogP contribution in [-0.4, -0.2) is 41.8 Å². The van der Waals surface area contributed by atoms with E-state index >= 15 is 0 Å². The predicted octanol–water partition coefficient (Wildman–Crippen LogP) is 5.01. The summed E-state index contributed by atoms with van der Waals surface area (Å²) in [4.78, 5) is 55.7. The number of benzene rings is 3. The number of nitrogens with one attached hydrogen (secondary N) is 1. The van der Waals surface area contributed by atoms with E-state index in [2.05, 4.69) is 5.32 Å². The highest BCUT2D eigenvalue weighted by molar-refractivity contribution is 8.00. The van der Waals surface area contributed by atoms with Gasteiger partial charge in [-0.2, -0.15) is 0 Å². The maximum absolute atomic E-state index is 14.0. The number of fused-ring (bicyclic) bond motifs is 2. The molecule has 2 aliphatic heterocycles. The van der Waals surface area contributed by atoms with Gasteiger partial charge in [0.15, 0.2) is 11.5 Å². The Bertz CT molecular complexity index is 1760. The van der Waals surface area contributed by atoms with E-state index in [0.29, 0.717) is 43.4 Å². The van der Waals surface area contributed by atoms with Crippen molar-refractivity contribution in [3.05, 3.63) is 97.9 Å². The summed E-state index contributed by atoms with van der Waals surface area (Å²) in [6, 6.07) is 20.8. The number of imide groups is 1. The molecule has 214 valence electrons. The van der Waals surface area contributed by atoms with Gasteiger partial charge in [-0.3, -0.25) is 23.7 Å². The van der Waals surface area contributed by atoms with Gasteiger partial charge in [0.2, 0.25) is 17.7 Å². The molecule has 1 fully saturated rings. The molecule has 9 nitrogen and oxygen atoms in total. The highest BCUT2D eigenvalue weighted by Crippen LogP contribution is 2.54. The Hall–Kier alpha value is -4.06. The molecule has 6 rings (SSSR count). The first kappa shape index (κ1) is 28.1. The Morgan fingerprint density at radius 1 is 0.929 bits per heavy atom. The van der Waals surface area contributed by atoms with E-state index in [0.717, 1.165) is 23.1 Å². The van der Waals surface area contributed by atoms with Gasteiger partial charge in [-0.05, 0) is 54.1 Å². The molecule has 0 saturated carbocycles. The second kappa shape index (κ2) is 11.3. The van der Waals surface area contributed by atoms with E-state index in [1.807, 2.05) is 12.1 Å². The number of carbonyl (C=O) groups is 3. The lowest BCUT2D eigenvalue weighted by atomic mass is 9.83. The molecule has 4 aromatic rings. The molecule has 12 heteroatoms. The van der Waals surface area contributed by atoms with Crippen LogP contribution in [0, 0.1) is 5.92 Å². The van der Waals surface area contributed by atoms with E-state index in [-0.39, 0.29) is 23.2 Å². The fourth-order valence-corrected chi connectivity index (χ4v) is 8.27. The van der Waals surface area contributed by atoms with Gasteiger partial charge in [-0.25, -0.2) is 4.90 Å². The fourth-order valence-electron chi connectivity index (χ4n) is 5.37. The maximum atomic E-state index is 14.0. The largest absolute Gasteiger partial charge is 0.493 e. The van der Waals surface area contributed by atoms with Crippen LogP contribution >= 0.6 is 34.7 Å². The van der Waals surface area contributed by atoms with Crippen molar-refractivity contribution in [2.24, 2.45) is 5.92 Å². The average Bonchev–Trinajstić information content (AvgIpc) is 3.44. The lowest BCUT2D eigenvalue weighted by Gasteiger charge is -2.31. The standard InChI is InChI=1S/C30H24ClN3O6S2/c1-39-20-13-8-16(14-21(20)40-2)23-24-25(28(37)34(27(24)36)19-11-9-17(31)10-12-19)41-29-26(23)42-30(38)33(29)15-22(35)32-18-6-4-3-5-7-18/h3-14,23-25H,15H2,1-2H3,(H,32,35). The number of anilines is 2. The Morgan fingerprint density at radius 3 is 2.33 bits per heavy atom. The van der Waals surface area contributed by atoms with Crippen LogP contribution in [0.25, 0.3) is 0 Å². The van der Waals surface area contributed by atoms with Crippen LogP contribution in [-0.2, 0) is 20.9 Å². The normalized spacial score (nSPS) is 19.3. The zero-order valence-electron chi connectivity index (χ0n) is 22.4. The summed E-state index contributed by atoms with van der Waals surface area (Å²) in [7, 11) is 3.04. The number of halogens is 1. The fraction of sp³-hybridized carbons (Fsp3) is 0.200.